The molecule has 2 N–H and O–H groups in total. The topological polar surface area (TPSA) is 26.0 Å². The summed E-state index contributed by atoms with van der Waals surface area (Å²) in [5.74, 6) is 0. The van der Waals surface area contributed by atoms with Crippen LogP contribution >= 0.6 is 0 Å². The van der Waals surface area contributed by atoms with Crippen LogP contribution in [0.5, 0.6) is 0 Å². The van der Waals surface area contributed by atoms with Crippen molar-refractivity contribution in [1.82, 2.24) is 0 Å². The molecule has 3 heteroatoms. The molecule has 0 heterocycles. The Balaban J connectivity index is -0.00000000500. The average Bonchev–Trinajstić information content (AvgIpc) is 1.00. The van der Waals surface area contributed by atoms with E-state index in [1.165, 1.54) is 0 Å². The van der Waals surface area contributed by atoms with Gasteiger partial charge in [-0.15, -0.1) is 0 Å². The summed E-state index contributed by atoms with van der Waals surface area (Å²) in [4.78, 5) is 0. The first-order valence-corrected chi connectivity index (χ1v) is 0.408. The molecule has 0 aromatic rings. The first-order valence-electron chi connectivity index (χ1n) is 0.408. The fourth-order valence-electron chi connectivity index (χ4n) is 0. The first-order chi connectivity index (χ1) is 1.00. The largest absolute Gasteiger partial charge is 0.486 e. The number of hydrogen-bond donors (Lipinski definition) is 1. The van der Waals surface area contributed by atoms with Crippen molar-refractivity contribution < 1.29 is 42.1 Å². The van der Waals surface area contributed by atoms with E-state index < -0.39 is 0 Å². The predicted molar refractivity (Wildman–Crippen MR) is 9.54 cm³/mol. The Morgan fingerprint density at radius 3 is 1.00 bits per heavy atom. The van der Waals surface area contributed by atoms with Crippen LogP contribution in [0.2, 0.25) is 0 Å². The third kappa shape index (κ3) is 10.2. The van der Waals surface area contributed by atoms with Crippen LogP contribution in [0.25, 0.3) is 0 Å². The Hall–Kier alpha value is 1.34. The Labute approximate surface area is 54.9 Å². The molecule has 1 nitrogen and oxygen atoms in total. The van der Waals surface area contributed by atoms with E-state index >= 15 is 0 Å². The van der Waals surface area contributed by atoms with Gasteiger partial charge in [0.25, 0.3) is 0 Å². The Kier molecular flexibility index (Phi) is 124. The van der Waals surface area contributed by atoms with Gasteiger partial charge in [-0.25, -0.2) is 0 Å². The summed E-state index contributed by atoms with van der Waals surface area (Å²) in [5, 5.41) is 0. The van der Waals surface area contributed by atoms with Crippen molar-refractivity contribution in [2.24, 2.45) is 5.73 Å². The second-order valence-electron chi connectivity index (χ2n) is 0. The van der Waals surface area contributed by atoms with Crippen molar-refractivity contribution in [1.29, 1.82) is 0 Å². The molecule has 0 atom stereocenters. The van der Waals surface area contributed by atoms with Crippen molar-refractivity contribution in [3.8, 4) is 0 Å². The molecule has 0 spiro atoms. The van der Waals surface area contributed by atoms with Gasteiger partial charge in [-0.05, 0) is 0 Å². The summed E-state index contributed by atoms with van der Waals surface area (Å²) < 4.78 is 0. The number of rotatable bonds is 0. The molecule has 0 fully saturated rings. The van der Waals surface area contributed by atoms with E-state index in [9.17, 15) is 0 Å². The Morgan fingerprint density at radius 1 is 1.00 bits per heavy atom. The van der Waals surface area contributed by atoms with Gasteiger partial charge in [-0.2, -0.15) is 0 Å². The second kappa shape index (κ2) is 27.0. The quantitative estimate of drug-likeness (QED) is 0.560. The predicted octanol–water partition coefficient (Wildman–Crippen LogP) is -0.268. The van der Waals surface area contributed by atoms with Crippen LogP contribution < -0.4 is 5.73 Å². The van der Waals surface area contributed by atoms with Crippen LogP contribution in [0.3, 0.4) is 0 Å². The van der Waals surface area contributed by atoms with Crippen molar-refractivity contribution >= 4 is 0 Å². The Morgan fingerprint density at radius 2 is 1.00 bits per heavy atom. The van der Waals surface area contributed by atoms with Crippen molar-refractivity contribution in [3.63, 3.8) is 0 Å². The van der Waals surface area contributed by atoms with Crippen LogP contribution in [0.15, 0.2) is 0 Å². The summed E-state index contributed by atoms with van der Waals surface area (Å²) in [6.45, 7) is 0. The van der Waals surface area contributed by atoms with Crippen LogP contribution in [0, 0.1) is 7.05 Å². The molecule has 0 rings (SSSR count). The van der Waals surface area contributed by atoms with Gasteiger partial charge in [0.05, 0.1) is 0 Å². The maximum atomic E-state index is 4.25. The molecular weight excluding hydrogens is 394 g/mol. The van der Waals surface area contributed by atoms with Crippen LogP contribution in [0.4, 0.5) is 0 Å². The molecule has 0 aromatic heterocycles. The van der Waals surface area contributed by atoms with Crippen LogP contribution in [0.1, 0.15) is 0 Å². The van der Waals surface area contributed by atoms with Gasteiger partial charge in [0.15, 0.2) is 0 Å². The van der Waals surface area contributed by atoms with E-state index in [0.717, 1.165) is 0 Å². The van der Waals surface area contributed by atoms with Gasteiger partial charge >= 0.3 is 0 Å². The fraction of sp³-hybridized carbons (Fsp3) is 0. The molecule has 0 amide bonds. The third-order valence-corrected chi connectivity index (χ3v) is 0. The summed E-state index contributed by atoms with van der Waals surface area (Å²) in [6.07, 6.45) is 0. The van der Waals surface area contributed by atoms with Gasteiger partial charge in [0, 0.05) is 42.1 Å². The molecule has 0 bridgehead atoms. The minimum Gasteiger partial charge on any atom is -0.486 e. The minimum atomic E-state index is 0. The van der Waals surface area contributed by atoms with Gasteiger partial charge in [-0.1, -0.05) is 0 Å². The average molecular weight is 398 g/mol. The second-order valence-corrected chi connectivity index (χ2v) is 0. The van der Waals surface area contributed by atoms with Gasteiger partial charge < -0.3 is 5.73 Å². The van der Waals surface area contributed by atoms with E-state index in [1.807, 2.05) is 0 Å². The number of nitrogens with two attached hydrogens (primary N) is 1. The fourth-order valence-corrected chi connectivity index (χ4v) is 0. The smallest absolute Gasteiger partial charge is 0 e. The standard InChI is InChI=1S/CH4N.2W/c1-2;;/h1-2H2;;/q-1;;. The van der Waals surface area contributed by atoms with Crippen LogP contribution in [-0.2, 0) is 42.1 Å². The Bertz CT molecular complexity index is 6.00. The van der Waals surface area contributed by atoms with Gasteiger partial charge in [0.2, 0.25) is 0 Å². The monoisotopic (exact) mass is 398 g/mol. The molecule has 0 aliphatic carbocycles. The van der Waals surface area contributed by atoms with E-state index in [4.69, 9.17) is 0 Å². The summed E-state index contributed by atoms with van der Waals surface area (Å²) >= 11 is 0. The zero-order valence-corrected chi connectivity index (χ0v) is 7.97. The zero-order valence-electron chi connectivity index (χ0n) is 2.10. The van der Waals surface area contributed by atoms with E-state index in [1.54, 1.807) is 0 Å². The molecule has 0 aliphatic rings. The van der Waals surface area contributed by atoms with E-state index in [2.05, 4.69) is 12.8 Å². The molecule has 0 saturated heterocycles. The molecule has 0 aromatic carbocycles. The SMILES string of the molecule is [CH2-]N.[W].[W]. The van der Waals surface area contributed by atoms with E-state index in [-0.39, 0.29) is 42.1 Å². The molecule has 4 heavy (non-hydrogen) atoms. The van der Waals surface area contributed by atoms with Crippen LogP contribution in [-0.4, -0.2) is 0 Å². The maximum Gasteiger partial charge on any atom is 0 e. The molecule has 26 valence electrons. The van der Waals surface area contributed by atoms with Gasteiger partial charge in [0.1, 0.15) is 0 Å². The molecule has 0 saturated carbocycles. The van der Waals surface area contributed by atoms with Crippen molar-refractivity contribution in [3.05, 3.63) is 7.05 Å². The van der Waals surface area contributed by atoms with E-state index in [0.29, 0.717) is 0 Å². The molecular formula is CH4NW2-. The minimum absolute atomic E-state index is 0. The van der Waals surface area contributed by atoms with Crippen molar-refractivity contribution in [2.75, 3.05) is 0 Å². The molecule has 0 radical (unpaired) electrons. The normalized spacial score (nSPS) is 1.50. The summed E-state index contributed by atoms with van der Waals surface area (Å²) in [5.41, 5.74) is 4.25. The summed E-state index contributed by atoms with van der Waals surface area (Å²) in [6, 6.07) is 0. The number of hydrogen-bond acceptors (Lipinski definition) is 1. The zero-order chi connectivity index (χ0) is 2.00. The molecule has 0 unspecified atom stereocenters. The first kappa shape index (κ1) is 18.4. The third-order valence-electron chi connectivity index (χ3n) is 0. The summed E-state index contributed by atoms with van der Waals surface area (Å²) in [7, 11) is 2.75. The molecule has 0 aliphatic heterocycles. The van der Waals surface area contributed by atoms with Gasteiger partial charge in [-0.3, -0.25) is 7.05 Å². The maximum absolute atomic E-state index is 4.25. The van der Waals surface area contributed by atoms with Crippen molar-refractivity contribution in [2.45, 2.75) is 0 Å².